The fourth-order valence-corrected chi connectivity index (χ4v) is 4.90. The first-order valence-electron chi connectivity index (χ1n) is 12.6. The zero-order valence-electron chi connectivity index (χ0n) is 21.5. The van der Waals surface area contributed by atoms with Gasteiger partial charge in [-0.1, -0.05) is 48.5 Å². The number of aryl methyl sites for hydroxylation is 1. The van der Waals surface area contributed by atoms with E-state index in [-0.39, 0.29) is 5.91 Å². The van der Waals surface area contributed by atoms with Crippen molar-refractivity contribution in [3.8, 4) is 17.3 Å². The molecule has 6 aromatic rings. The van der Waals surface area contributed by atoms with E-state index in [9.17, 15) is 4.79 Å². The number of para-hydroxylation sites is 1. The second-order valence-electron chi connectivity index (χ2n) is 9.41. The Balaban J connectivity index is 1.38. The molecule has 0 spiro atoms. The van der Waals surface area contributed by atoms with Gasteiger partial charge in [0.15, 0.2) is 0 Å². The standard InChI is InChI=1S/C32H24N6O/c1-20-31(21(2)38(37-20)19-23-14-12-22(18-33)13-15-23)36-32(39)27-17-30(35-29-10-4-3-7-26(27)29)25-8-5-11-28-24(25)9-6-16-34-28/h3-17H,19H2,1-2H3,(H,36,39). The Labute approximate surface area is 225 Å². The molecule has 0 radical (unpaired) electrons. The van der Waals surface area contributed by atoms with Gasteiger partial charge in [0.05, 0.1) is 57.5 Å². The van der Waals surface area contributed by atoms with Crippen LogP contribution in [0, 0.1) is 25.2 Å². The molecule has 7 nitrogen and oxygen atoms in total. The van der Waals surface area contributed by atoms with Crippen molar-refractivity contribution in [3.05, 3.63) is 119 Å². The largest absolute Gasteiger partial charge is 0.319 e. The summed E-state index contributed by atoms with van der Waals surface area (Å²) in [4.78, 5) is 23.2. The number of rotatable bonds is 5. The molecular formula is C32H24N6O. The number of nitrogens with one attached hydrogen (secondary N) is 1. The van der Waals surface area contributed by atoms with Crippen molar-refractivity contribution in [3.63, 3.8) is 0 Å². The molecule has 39 heavy (non-hydrogen) atoms. The molecule has 3 aromatic carbocycles. The van der Waals surface area contributed by atoms with Crippen molar-refractivity contribution in [1.82, 2.24) is 19.7 Å². The first kappa shape index (κ1) is 24.0. The molecule has 0 bridgehead atoms. The highest BCUT2D eigenvalue weighted by Gasteiger charge is 2.19. The van der Waals surface area contributed by atoms with Gasteiger partial charge in [0, 0.05) is 22.5 Å². The van der Waals surface area contributed by atoms with Crippen molar-refractivity contribution < 1.29 is 4.79 Å². The number of nitrogens with zero attached hydrogens (tertiary/aromatic N) is 5. The summed E-state index contributed by atoms with van der Waals surface area (Å²) in [5.74, 6) is -0.225. The summed E-state index contributed by atoms with van der Waals surface area (Å²) < 4.78 is 1.87. The van der Waals surface area contributed by atoms with E-state index in [0.717, 1.165) is 44.3 Å². The summed E-state index contributed by atoms with van der Waals surface area (Å²) in [5, 5.41) is 18.6. The third-order valence-corrected chi connectivity index (χ3v) is 6.92. The van der Waals surface area contributed by atoms with Crippen molar-refractivity contribution in [2.24, 2.45) is 0 Å². The van der Waals surface area contributed by atoms with Crippen LogP contribution in [0.1, 0.15) is 32.9 Å². The average Bonchev–Trinajstić information content (AvgIpc) is 3.23. The zero-order chi connectivity index (χ0) is 26.9. The number of carbonyl (C=O) groups excluding carboxylic acids is 1. The number of hydrogen-bond acceptors (Lipinski definition) is 5. The maximum absolute atomic E-state index is 13.8. The fraction of sp³-hybridized carbons (Fsp3) is 0.0938. The number of anilines is 1. The Kier molecular flexibility index (Phi) is 6.06. The molecule has 0 aliphatic heterocycles. The molecule has 3 aromatic heterocycles. The predicted molar refractivity (Wildman–Crippen MR) is 152 cm³/mol. The van der Waals surface area contributed by atoms with Crippen LogP contribution in [-0.2, 0) is 6.54 Å². The summed E-state index contributed by atoms with van der Waals surface area (Å²) in [7, 11) is 0. The molecular weight excluding hydrogens is 484 g/mol. The maximum Gasteiger partial charge on any atom is 0.256 e. The third-order valence-electron chi connectivity index (χ3n) is 6.92. The minimum Gasteiger partial charge on any atom is -0.319 e. The molecule has 0 saturated heterocycles. The molecule has 3 heterocycles. The Morgan fingerprint density at radius 1 is 0.923 bits per heavy atom. The van der Waals surface area contributed by atoms with Gasteiger partial charge in [0.2, 0.25) is 0 Å². The summed E-state index contributed by atoms with van der Waals surface area (Å²) >= 11 is 0. The monoisotopic (exact) mass is 508 g/mol. The summed E-state index contributed by atoms with van der Waals surface area (Å²) in [5.41, 5.74) is 7.68. The average molecular weight is 509 g/mol. The second-order valence-corrected chi connectivity index (χ2v) is 9.41. The molecule has 0 atom stereocenters. The fourth-order valence-electron chi connectivity index (χ4n) is 4.90. The Bertz CT molecular complexity index is 1910. The maximum atomic E-state index is 13.8. The van der Waals surface area contributed by atoms with Crippen LogP contribution in [0.15, 0.2) is 91.1 Å². The van der Waals surface area contributed by atoms with Gasteiger partial charge in [-0.2, -0.15) is 10.4 Å². The van der Waals surface area contributed by atoms with Gasteiger partial charge in [-0.15, -0.1) is 0 Å². The molecule has 1 amide bonds. The lowest BCUT2D eigenvalue weighted by molar-refractivity contribution is 0.102. The molecule has 188 valence electrons. The molecule has 1 N–H and O–H groups in total. The molecule has 0 fully saturated rings. The lowest BCUT2D eigenvalue weighted by Crippen LogP contribution is -2.14. The summed E-state index contributed by atoms with van der Waals surface area (Å²) in [6.45, 7) is 4.36. The van der Waals surface area contributed by atoms with Crippen LogP contribution < -0.4 is 5.32 Å². The Morgan fingerprint density at radius 2 is 1.69 bits per heavy atom. The number of benzene rings is 3. The number of hydrogen-bond donors (Lipinski definition) is 1. The second kappa shape index (κ2) is 9.84. The summed E-state index contributed by atoms with van der Waals surface area (Å²) in [6.07, 6.45) is 1.77. The smallest absolute Gasteiger partial charge is 0.256 e. The molecule has 0 unspecified atom stereocenters. The third kappa shape index (κ3) is 4.49. The van der Waals surface area contributed by atoms with Gasteiger partial charge >= 0.3 is 0 Å². The molecule has 0 saturated carbocycles. The predicted octanol–water partition coefficient (Wildman–Crippen LogP) is 6.44. The topological polar surface area (TPSA) is 96.5 Å². The number of amides is 1. The van der Waals surface area contributed by atoms with Crippen molar-refractivity contribution >= 4 is 33.4 Å². The van der Waals surface area contributed by atoms with E-state index in [1.54, 1.807) is 18.3 Å². The first-order chi connectivity index (χ1) is 19.0. The number of pyridine rings is 2. The van der Waals surface area contributed by atoms with Crippen molar-refractivity contribution in [2.75, 3.05) is 5.32 Å². The molecule has 6 rings (SSSR count). The highest BCUT2D eigenvalue weighted by Crippen LogP contribution is 2.31. The van der Waals surface area contributed by atoms with E-state index in [2.05, 4.69) is 21.5 Å². The lowest BCUT2D eigenvalue weighted by atomic mass is 10.0. The summed E-state index contributed by atoms with van der Waals surface area (Å²) in [6, 6.07) is 28.9. The van der Waals surface area contributed by atoms with E-state index in [1.165, 1.54) is 0 Å². The molecule has 0 aliphatic carbocycles. The van der Waals surface area contributed by atoms with E-state index in [1.807, 2.05) is 91.3 Å². The number of fused-ring (bicyclic) bond motifs is 2. The van der Waals surface area contributed by atoms with E-state index in [0.29, 0.717) is 29.1 Å². The van der Waals surface area contributed by atoms with Crippen LogP contribution in [0.25, 0.3) is 33.1 Å². The Morgan fingerprint density at radius 3 is 2.51 bits per heavy atom. The highest BCUT2D eigenvalue weighted by atomic mass is 16.1. The molecule has 7 heteroatoms. The van der Waals surface area contributed by atoms with Crippen LogP contribution in [0.2, 0.25) is 0 Å². The van der Waals surface area contributed by atoms with Crippen LogP contribution >= 0.6 is 0 Å². The van der Waals surface area contributed by atoms with Gasteiger partial charge < -0.3 is 5.32 Å². The lowest BCUT2D eigenvalue weighted by Gasteiger charge is -2.12. The van der Waals surface area contributed by atoms with Gasteiger partial charge in [0.1, 0.15) is 0 Å². The zero-order valence-corrected chi connectivity index (χ0v) is 21.5. The van der Waals surface area contributed by atoms with Crippen LogP contribution in [0.5, 0.6) is 0 Å². The highest BCUT2D eigenvalue weighted by molar-refractivity contribution is 6.13. The van der Waals surface area contributed by atoms with Gasteiger partial charge in [-0.25, -0.2) is 4.98 Å². The first-order valence-corrected chi connectivity index (χ1v) is 12.6. The minimum atomic E-state index is -0.225. The van der Waals surface area contributed by atoms with E-state index in [4.69, 9.17) is 10.2 Å². The normalized spacial score (nSPS) is 11.0. The molecule has 0 aliphatic rings. The number of aromatic nitrogens is 4. The van der Waals surface area contributed by atoms with Crippen molar-refractivity contribution in [1.29, 1.82) is 5.26 Å². The van der Waals surface area contributed by atoms with Gasteiger partial charge in [-0.05, 0) is 55.8 Å². The van der Waals surface area contributed by atoms with Crippen LogP contribution in [0.4, 0.5) is 5.69 Å². The van der Waals surface area contributed by atoms with E-state index >= 15 is 0 Å². The number of nitriles is 1. The van der Waals surface area contributed by atoms with Crippen molar-refractivity contribution in [2.45, 2.75) is 20.4 Å². The van der Waals surface area contributed by atoms with Gasteiger partial charge in [-0.3, -0.25) is 14.5 Å². The SMILES string of the molecule is Cc1nn(Cc2ccc(C#N)cc2)c(C)c1NC(=O)c1cc(-c2cccc3ncccc23)nc2ccccc12. The van der Waals surface area contributed by atoms with Crippen LogP contribution in [0.3, 0.4) is 0 Å². The minimum absolute atomic E-state index is 0.225. The van der Waals surface area contributed by atoms with Crippen LogP contribution in [-0.4, -0.2) is 25.7 Å². The van der Waals surface area contributed by atoms with E-state index < -0.39 is 0 Å². The Hall–Kier alpha value is -5.35. The van der Waals surface area contributed by atoms with Gasteiger partial charge in [0.25, 0.3) is 5.91 Å². The number of carbonyl (C=O) groups is 1. The quantitative estimate of drug-likeness (QED) is 0.289.